The average Bonchev–Trinajstić information content (AvgIpc) is 3.17. The van der Waals surface area contributed by atoms with Gasteiger partial charge in [-0.1, -0.05) is 0 Å². The molecule has 0 unspecified atom stereocenters. The van der Waals surface area contributed by atoms with Crippen LogP contribution in [0.2, 0.25) is 0 Å². The van der Waals surface area contributed by atoms with E-state index in [0.29, 0.717) is 22.5 Å². The van der Waals surface area contributed by atoms with Crippen molar-refractivity contribution in [1.82, 2.24) is 29.4 Å². The quantitative estimate of drug-likeness (QED) is 0.574. The van der Waals surface area contributed by atoms with Crippen molar-refractivity contribution < 1.29 is 4.79 Å². The first kappa shape index (κ1) is 16.0. The van der Waals surface area contributed by atoms with Crippen LogP contribution >= 0.6 is 0 Å². The summed E-state index contributed by atoms with van der Waals surface area (Å²) in [6.07, 6.45) is 3.34. The maximum atomic E-state index is 12.6. The molecule has 0 bridgehead atoms. The Bertz CT molecular complexity index is 1220. The van der Waals surface area contributed by atoms with E-state index in [9.17, 15) is 9.59 Å². The van der Waals surface area contributed by atoms with Gasteiger partial charge in [-0.2, -0.15) is 9.61 Å². The first-order chi connectivity index (χ1) is 12.5. The number of fused-ring (bicyclic) bond motifs is 2. The lowest BCUT2D eigenvalue weighted by Crippen LogP contribution is -2.19. The Morgan fingerprint density at radius 1 is 1.27 bits per heavy atom. The molecule has 1 amide bonds. The van der Waals surface area contributed by atoms with Gasteiger partial charge in [0, 0.05) is 25.0 Å². The molecular formula is C17H17N7O2. The molecule has 4 aromatic heterocycles. The fourth-order valence-corrected chi connectivity index (χ4v) is 3.19. The van der Waals surface area contributed by atoms with Gasteiger partial charge in [-0.3, -0.25) is 19.4 Å². The predicted molar refractivity (Wildman–Crippen MR) is 96.1 cm³/mol. The Kier molecular flexibility index (Phi) is 3.57. The lowest BCUT2D eigenvalue weighted by Gasteiger charge is -2.11. The number of rotatable bonds is 3. The second-order valence-corrected chi connectivity index (χ2v) is 6.16. The third-order valence-corrected chi connectivity index (χ3v) is 4.47. The van der Waals surface area contributed by atoms with Gasteiger partial charge in [0.1, 0.15) is 5.82 Å². The molecule has 4 rings (SSSR count). The molecule has 0 fully saturated rings. The highest BCUT2D eigenvalue weighted by Gasteiger charge is 2.18. The standard InChI is InChI=1S/C17H17N7O2/c1-9-11(10(2)20-16-15(9)17(26)22-23(16)3)8-14(25)21-13-4-6-18-12-5-7-19-24(12)13/h4-7H,8H2,1-3H3,(H,21,25)(H,22,26). The molecule has 0 radical (unpaired) electrons. The minimum atomic E-state index is -0.215. The Morgan fingerprint density at radius 2 is 2.08 bits per heavy atom. The number of nitrogens with one attached hydrogen (secondary N) is 2. The molecule has 0 spiro atoms. The SMILES string of the molecule is Cc1nc2c(c(C)c1CC(=O)Nc1ccnc3ccnn13)c(=O)[nH]n2C. The first-order valence-electron chi connectivity index (χ1n) is 8.09. The molecule has 0 saturated carbocycles. The van der Waals surface area contributed by atoms with E-state index in [-0.39, 0.29) is 17.9 Å². The predicted octanol–water partition coefficient (Wildman–Crippen LogP) is 1.10. The zero-order chi connectivity index (χ0) is 18.4. The average molecular weight is 351 g/mol. The van der Waals surface area contributed by atoms with Crippen LogP contribution in [0.1, 0.15) is 16.8 Å². The summed E-state index contributed by atoms with van der Waals surface area (Å²) in [6, 6.07) is 3.43. The second-order valence-electron chi connectivity index (χ2n) is 6.16. The Morgan fingerprint density at radius 3 is 2.88 bits per heavy atom. The van der Waals surface area contributed by atoms with Crippen LogP contribution in [-0.4, -0.2) is 35.3 Å². The maximum absolute atomic E-state index is 12.6. The summed E-state index contributed by atoms with van der Waals surface area (Å²) < 4.78 is 3.15. The number of hydrogen-bond donors (Lipinski definition) is 2. The van der Waals surface area contributed by atoms with Crippen LogP contribution in [0.3, 0.4) is 0 Å². The van der Waals surface area contributed by atoms with Crippen molar-refractivity contribution in [3.63, 3.8) is 0 Å². The van der Waals surface area contributed by atoms with Crippen LogP contribution in [0.5, 0.6) is 0 Å². The van der Waals surface area contributed by atoms with Crippen LogP contribution in [0.25, 0.3) is 16.7 Å². The number of aromatic nitrogens is 6. The second kappa shape index (κ2) is 5.80. The zero-order valence-corrected chi connectivity index (χ0v) is 14.6. The van der Waals surface area contributed by atoms with E-state index >= 15 is 0 Å². The first-order valence-corrected chi connectivity index (χ1v) is 8.09. The lowest BCUT2D eigenvalue weighted by atomic mass is 10.0. The minimum absolute atomic E-state index is 0.111. The summed E-state index contributed by atoms with van der Waals surface area (Å²) in [4.78, 5) is 33.4. The Labute approximate surface area is 147 Å². The van der Waals surface area contributed by atoms with Crippen molar-refractivity contribution in [2.75, 3.05) is 5.32 Å². The Balaban J connectivity index is 1.69. The van der Waals surface area contributed by atoms with Crippen molar-refractivity contribution in [1.29, 1.82) is 0 Å². The van der Waals surface area contributed by atoms with Gasteiger partial charge in [-0.05, 0) is 31.0 Å². The number of carbonyl (C=O) groups is 1. The van der Waals surface area contributed by atoms with Crippen LogP contribution < -0.4 is 10.9 Å². The summed E-state index contributed by atoms with van der Waals surface area (Å²) in [5.74, 6) is 0.319. The molecule has 26 heavy (non-hydrogen) atoms. The van der Waals surface area contributed by atoms with E-state index in [1.54, 1.807) is 40.8 Å². The highest BCUT2D eigenvalue weighted by molar-refractivity contribution is 5.93. The highest BCUT2D eigenvalue weighted by Crippen LogP contribution is 2.20. The summed E-state index contributed by atoms with van der Waals surface area (Å²) in [7, 11) is 1.74. The summed E-state index contributed by atoms with van der Waals surface area (Å²) in [5.41, 5.74) is 3.26. The van der Waals surface area contributed by atoms with E-state index in [1.165, 1.54) is 0 Å². The highest BCUT2D eigenvalue weighted by atomic mass is 16.1. The van der Waals surface area contributed by atoms with Gasteiger partial charge in [0.15, 0.2) is 11.3 Å². The van der Waals surface area contributed by atoms with Crippen molar-refractivity contribution in [3.8, 4) is 0 Å². The maximum Gasteiger partial charge on any atom is 0.273 e. The summed E-state index contributed by atoms with van der Waals surface area (Å²) in [5, 5.41) is 10.2. The fraction of sp³-hybridized carbons (Fsp3) is 0.235. The number of amides is 1. The van der Waals surface area contributed by atoms with Gasteiger partial charge in [-0.15, -0.1) is 0 Å². The number of anilines is 1. The zero-order valence-electron chi connectivity index (χ0n) is 14.6. The van der Waals surface area contributed by atoms with E-state index in [1.807, 2.05) is 13.8 Å². The van der Waals surface area contributed by atoms with Crippen molar-refractivity contribution >= 4 is 28.4 Å². The molecule has 2 N–H and O–H groups in total. The number of nitrogens with zero attached hydrogens (tertiary/aromatic N) is 5. The molecule has 9 nitrogen and oxygen atoms in total. The van der Waals surface area contributed by atoms with Crippen molar-refractivity contribution in [2.45, 2.75) is 20.3 Å². The van der Waals surface area contributed by atoms with Crippen molar-refractivity contribution in [3.05, 3.63) is 51.7 Å². The van der Waals surface area contributed by atoms with Crippen LogP contribution in [0.15, 0.2) is 29.3 Å². The fourth-order valence-electron chi connectivity index (χ4n) is 3.19. The van der Waals surface area contributed by atoms with E-state index in [4.69, 9.17) is 0 Å². The number of H-pyrrole nitrogens is 1. The summed E-state index contributed by atoms with van der Waals surface area (Å²) >= 11 is 0. The van der Waals surface area contributed by atoms with Gasteiger partial charge < -0.3 is 5.32 Å². The molecule has 4 heterocycles. The topological polar surface area (TPSA) is 110 Å². The number of aromatic amines is 1. The molecule has 0 aromatic carbocycles. The number of pyridine rings is 1. The number of hydrogen-bond acceptors (Lipinski definition) is 5. The summed E-state index contributed by atoms with van der Waals surface area (Å²) in [6.45, 7) is 3.68. The number of carbonyl (C=O) groups excluding carboxylic acids is 1. The van der Waals surface area contributed by atoms with Crippen LogP contribution in [0.4, 0.5) is 5.82 Å². The van der Waals surface area contributed by atoms with E-state index in [2.05, 4.69) is 25.5 Å². The molecule has 9 heteroatoms. The molecule has 0 saturated heterocycles. The van der Waals surface area contributed by atoms with Gasteiger partial charge in [0.25, 0.3) is 5.56 Å². The van der Waals surface area contributed by atoms with Crippen molar-refractivity contribution in [2.24, 2.45) is 7.05 Å². The molecule has 0 aliphatic heterocycles. The van der Waals surface area contributed by atoms with E-state index in [0.717, 1.165) is 16.8 Å². The van der Waals surface area contributed by atoms with Crippen LogP contribution in [-0.2, 0) is 18.3 Å². The number of aryl methyl sites for hydroxylation is 3. The molecule has 132 valence electrons. The molecule has 0 atom stereocenters. The van der Waals surface area contributed by atoms with Crippen LogP contribution in [0, 0.1) is 13.8 Å². The normalized spacial score (nSPS) is 11.3. The molecule has 4 aromatic rings. The molecule has 0 aliphatic carbocycles. The van der Waals surface area contributed by atoms with Gasteiger partial charge >= 0.3 is 0 Å². The minimum Gasteiger partial charge on any atom is -0.310 e. The van der Waals surface area contributed by atoms with Gasteiger partial charge in [0.2, 0.25) is 5.91 Å². The molecule has 0 aliphatic rings. The van der Waals surface area contributed by atoms with Gasteiger partial charge in [0.05, 0.1) is 18.0 Å². The smallest absolute Gasteiger partial charge is 0.273 e. The third kappa shape index (κ3) is 2.44. The lowest BCUT2D eigenvalue weighted by molar-refractivity contribution is -0.115. The van der Waals surface area contributed by atoms with Gasteiger partial charge in [-0.25, -0.2) is 9.97 Å². The Hall–Kier alpha value is -3.49. The monoisotopic (exact) mass is 351 g/mol. The molecular weight excluding hydrogens is 334 g/mol. The van der Waals surface area contributed by atoms with E-state index < -0.39 is 0 Å². The third-order valence-electron chi connectivity index (χ3n) is 4.47. The largest absolute Gasteiger partial charge is 0.310 e.